The highest BCUT2D eigenvalue weighted by Gasteiger charge is 2.53. The molecule has 2 heterocycles. The van der Waals surface area contributed by atoms with E-state index in [0.717, 1.165) is 5.19 Å². The highest BCUT2D eigenvalue weighted by atomic mass is 32.1. The topological polar surface area (TPSA) is 25.4 Å². The third-order valence-electron chi connectivity index (χ3n) is 3.81. The Morgan fingerprint density at radius 3 is 2.81 bits per heavy atom. The lowest BCUT2D eigenvalue weighted by molar-refractivity contribution is -0.129. The number of hydrogen-bond donors (Lipinski definition) is 0. The summed E-state index contributed by atoms with van der Waals surface area (Å²) >= 11 is 1.59. The maximum absolute atomic E-state index is 5.81. The van der Waals surface area contributed by atoms with Crippen LogP contribution < -0.4 is 4.74 Å². The van der Waals surface area contributed by atoms with Crippen LogP contribution in [0.25, 0.3) is 0 Å². The predicted molar refractivity (Wildman–Crippen MR) is 64.9 cm³/mol. The van der Waals surface area contributed by atoms with Gasteiger partial charge in [-0.2, -0.15) is 0 Å². The minimum Gasteiger partial charge on any atom is -0.467 e. The van der Waals surface area contributed by atoms with Gasteiger partial charge < -0.3 is 4.74 Å². The summed E-state index contributed by atoms with van der Waals surface area (Å²) in [5.41, 5.74) is 0.589. The third-order valence-corrected chi connectivity index (χ3v) is 4.47. The van der Waals surface area contributed by atoms with Crippen LogP contribution in [0.2, 0.25) is 0 Å². The standard InChI is InChI=1S/C12H18N2OS/c1-9(2)14-7-12(8-14)5-10(6-12)15-11-13-3-4-16-11/h3-4,9-10H,5-8H2,1-2H3. The molecule has 88 valence electrons. The third kappa shape index (κ3) is 1.74. The normalized spacial score (nSPS) is 24.4. The summed E-state index contributed by atoms with van der Waals surface area (Å²) in [4.78, 5) is 6.70. The second kappa shape index (κ2) is 3.70. The van der Waals surface area contributed by atoms with Gasteiger partial charge in [0.15, 0.2) is 0 Å². The number of ether oxygens (including phenoxy) is 1. The summed E-state index contributed by atoms with van der Waals surface area (Å²) in [5.74, 6) is 0. The monoisotopic (exact) mass is 238 g/mol. The number of likely N-dealkylation sites (tertiary alicyclic amines) is 1. The van der Waals surface area contributed by atoms with Gasteiger partial charge in [-0.25, -0.2) is 4.98 Å². The Labute approximate surface area is 100 Å². The van der Waals surface area contributed by atoms with Crippen molar-refractivity contribution in [3.63, 3.8) is 0 Å². The van der Waals surface area contributed by atoms with Crippen molar-refractivity contribution in [2.75, 3.05) is 13.1 Å². The first kappa shape index (κ1) is 10.5. The molecule has 1 spiro atoms. The molecule has 2 fully saturated rings. The maximum Gasteiger partial charge on any atom is 0.273 e. The van der Waals surface area contributed by atoms with E-state index < -0.39 is 0 Å². The molecule has 1 aliphatic heterocycles. The molecule has 2 aliphatic rings. The molecule has 0 bridgehead atoms. The van der Waals surface area contributed by atoms with Crippen molar-refractivity contribution < 1.29 is 4.74 Å². The zero-order chi connectivity index (χ0) is 11.2. The average Bonchev–Trinajstić information content (AvgIpc) is 2.58. The predicted octanol–water partition coefficient (Wildman–Crippen LogP) is 2.39. The SMILES string of the molecule is CC(C)N1CC2(CC(Oc3nccs3)C2)C1. The Morgan fingerprint density at radius 1 is 1.50 bits per heavy atom. The summed E-state index contributed by atoms with van der Waals surface area (Å²) < 4.78 is 5.81. The zero-order valence-corrected chi connectivity index (χ0v) is 10.7. The van der Waals surface area contributed by atoms with Crippen molar-refractivity contribution in [1.82, 2.24) is 9.88 Å². The van der Waals surface area contributed by atoms with Gasteiger partial charge in [-0.05, 0) is 26.7 Å². The Kier molecular flexibility index (Phi) is 2.44. The Balaban J connectivity index is 1.46. The van der Waals surface area contributed by atoms with E-state index in [1.54, 1.807) is 17.5 Å². The van der Waals surface area contributed by atoms with Gasteiger partial charge in [0.25, 0.3) is 5.19 Å². The van der Waals surface area contributed by atoms with Gasteiger partial charge in [-0.1, -0.05) is 11.3 Å². The molecule has 0 atom stereocenters. The molecule has 3 rings (SSSR count). The Morgan fingerprint density at radius 2 is 2.25 bits per heavy atom. The smallest absolute Gasteiger partial charge is 0.273 e. The minimum atomic E-state index is 0.417. The van der Waals surface area contributed by atoms with E-state index in [1.807, 2.05) is 5.38 Å². The first-order chi connectivity index (χ1) is 7.67. The molecule has 0 unspecified atom stereocenters. The molecule has 1 saturated heterocycles. The second-order valence-corrected chi connectivity index (χ2v) is 6.30. The summed E-state index contributed by atoms with van der Waals surface area (Å²) in [6, 6.07) is 0.699. The van der Waals surface area contributed by atoms with Gasteiger partial charge in [0, 0.05) is 36.1 Å². The number of rotatable bonds is 3. The van der Waals surface area contributed by atoms with Crippen molar-refractivity contribution in [1.29, 1.82) is 0 Å². The highest BCUT2D eigenvalue weighted by Crippen LogP contribution is 2.50. The van der Waals surface area contributed by atoms with E-state index in [2.05, 4.69) is 23.7 Å². The average molecular weight is 238 g/mol. The number of hydrogen-bond acceptors (Lipinski definition) is 4. The lowest BCUT2D eigenvalue weighted by Gasteiger charge is -2.59. The molecule has 1 saturated carbocycles. The molecule has 1 aliphatic carbocycles. The lowest BCUT2D eigenvalue weighted by atomic mass is 9.61. The molecule has 0 radical (unpaired) electrons. The molecule has 3 nitrogen and oxygen atoms in total. The fourth-order valence-electron chi connectivity index (χ4n) is 2.84. The van der Waals surface area contributed by atoms with Gasteiger partial charge in [-0.15, -0.1) is 0 Å². The molecule has 1 aromatic rings. The molecule has 4 heteroatoms. The van der Waals surface area contributed by atoms with E-state index >= 15 is 0 Å². The van der Waals surface area contributed by atoms with Crippen molar-refractivity contribution in [3.05, 3.63) is 11.6 Å². The van der Waals surface area contributed by atoms with Gasteiger partial charge in [0.1, 0.15) is 6.10 Å². The quantitative estimate of drug-likeness (QED) is 0.808. The van der Waals surface area contributed by atoms with Crippen LogP contribution in [0.15, 0.2) is 11.6 Å². The fraction of sp³-hybridized carbons (Fsp3) is 0.750. The molecule has 16 heavy (non-hydrogen) atoms. The van der Waals surface area contributed by atoms with Crippen LogP contribution in [0.5, 0.6) is 5.19 Å². The number of thiazole rings is 1. The van der Waals surface area contributed by atoms with Crippen molar-refractivity contribution in [2.45, 2.75) is 38.8 Å². The van der Waals surface area contributed by atoms with Crippen molar-refractivity contribution in [3.8, 4) is 5.19 Å². The largest absolute Gasteiger partial charge is 0.467 e. The molecular formula is C12H18N2OS. The van der Waals surface area contributed by atoms with Gasteiger partial charge in [-0.3, -0.25) is 4.90 Å². The Hall–Kier alpha value is -0.610. The van der Waals surface area contributed by atoms with E-state index in [1.165, 1.54) is 25.9 Å². The first-order valence-corrected chi connectivity index (χ1v) is 6.85. The fourth-order valence-corrected chi connectivity index (χ4v) is 3.39. The van der Waals surface area contributed by atoms with Crippen LogP contribution in [-0.2, 0) is 0 Å². The van der Waals surface area contributed by atoms with E-state index in [-0.39, 0.29) is 0 Å². The molecular weight excluding hydrogens is 220 g/mol. The lowest BCUT2D eigenvalue weighted by Crippen LogP contribution is -2.65. The van der Waals surface area contributed by atoms with Crippen LogP contribution in [0.4, 0.5) is 0 Å². The molecule has 0 N–H and O–H groups in total. The van der Waals surface area contributed by atoms with Gasteiger partial charge in [0.05, 0.1) is 0 Å². The number of nitrogens with zero attached hydrogens (tertiary/aromatic N) is 2. The zero-order valence-electron chi connectivity index (χ0n) is 9.85. The molecule has 0 amide bonds. The van der Waals surface area contributed by atoms with E-state index in [9.17, 15) is 0 Å². The van der Waals surface area contributed by atoms with Crippen molar-refractivity contribution in [2.24, 2.45) is 5.41 Å². The Bertz CT molecular complexity index is 349. The molecule has 0 aromatic carbocycles. The van der Waals surface area contributed by atoms with Crippen LogP contribution in [0, 0.1) is 5.41 Å². The summed E-state index contributed by atoms with van der Waals surface area (Å²) in [6.45, 7) is 7.08. The second-order valence-electron chi connectivity index (χ2n) is 5.44. The van der Waals surface area contributed by atoms with Crippen LogP contribution in [0.1, 0.15) is 26.7 Å². The summed E-state index contributed by atoms with van der Waals surface area (Å²) in [7, 11) is 0. The maximum atomic E-state index is 5.81. The highest BCUT2D eigenvalue weighted by molar-refractivity contribution is 7.11. The van der Waals surface area contributed by atoms with Crippen LogP contribution in [0.3, 0.4) is 0 Å². The van der Waals surface area contributed by atoms with Crippen molar-refractivity contribution >= 4 is 11.3 Å². The minimum absolute atomic E-state index is 0.417. The van der Waals surface area contributed by atoms with Crippen LogP contribution in [-0.4, -0.2) is 35.1 Å². The summed E-state index contributed by atoms with van der Waals surface area (Å²) in [5, 5.41) is 2.80. The summed E-state index contributed by atoms with van der Waals surface area (Å²) in [6.07, 6.45) is 4.66. The van der Waals surface area contributed by atoms with E-state index in [4.69, 9.17) is 4.74 Å². The van der Waals surface area contributed by atoms with Gasteiger partial charge in [0.2, 0.25) is 0 Å². The number of aromatic nitrogens is 1. The van der Waals surface area contributed by atoms with Gasteiger partial charge >= 0.3 is 0 Å². The van der Waals surface area contributed by atoms with E-state index in [0.29, 0.717) is 17.6 Å². The first-order valence-electron chi connectivity index (χ1n) is 5.97. The van der Waals surface area contributed by atoms with Crippen LogP contribution >= 0.6 is 11.3 Å². The molecule has 1 aromatic heterocycles.